The molecule has 0 aliphatic heterocycles. The Hall–Kier alpha value is -2.35. The van der Waals surface area contributed by atoms with Gasteiger partial charge < -0.3 is 16.0 Å². The number of nitrogens with one attached hydrogen (secondary N) is 3. The molecule has 128 valence electrons. The van der Waals surface area contributed by atoms with Crippen molar-refractivity contribution in [1.82, 2.24) is 25.7 Å². The Balaban J connectivity index is 1.69. The summed E-state index contributed by atoms with van der Waals surface area (Å²) in [6, 6.07) is 9.19. The van der Waals surface area contributed by atoms with Crippen molar-refractivity contribution in [2.24, 2.45) is 12.0 Å². The molecule has 0 aliphatic carbocycles. The van der Waals surface area contributed by atoms with Crippen LogP contribution in [0.4, 0.5) is 0 Å². The highest BCUT2D eigenvalue weighted by molar-refractivity contribution is 9.10. The summed E-state index contributed by atoms with van der Waals surface area (Å²) in [6.45, 7) is 1.70. The van der Waals surface area contributed by atoms with Crippen LogP contribution in [0.3, 0.4) is 0 Å². The minimum atomic E-state index is -0.0952. The van der Waals surface area contributed by atoms with Gasteiger partial charge in [0.1, 0.15) is 0 Å². The fourth-order valence-electron chi connectivity index (χ4n) is 2.03. The zero-order chi connectivity index (χ0) is 17.4. The average Bonchev–Trinajstić information content (AvgIpc) is 2.99. The fraction of sp³-hybridized carbons (Fsp3) is 0.312. The number of aromatic nitrogens is 2. The van der Waals surface area contributed by atoms with Gasteiger partial charge in [-0.3, -0.25) is 14.5 Å². The molecule has 24 heavy (non-hydrogen) atoms. The number of benzene rings is 1. The van der Waals surface area contributed by atoms with Gasteiger partial charge >= 0.3 is 0 Å². The van der Waals surface area contributed by atoms with E-state index in [1.165, 1.54) is 0 Å². The molecule has 1 aromatic carbocycles. The zero-order valence-corrected chi connectivity index (χ0v) is 15.3. The molecule has 3 N–H and O–H groups in total. The number of rotatable bonds is 6. The second-order valence-corrected chi connectivity index (χ2v) is 5.98. The standard InChI is InChI=1S/C16H21BrN6O/c1-18-16(21-11-14-7-8-22-23(14)2)20-10-9-19-15(24)12-3-5-13(17)6-4-12/h3-8H,9-11H2,1-2H3,(H,19,24)(H2,18,20,21). The van der Waals surface area contributed by atoms with Gasteiger partial charge in [0.25, 0.3) is 5.91 Å². The molecule has 0 unspecified atom stereocenters. The smallest absolute Gasteiger partial charge is 0.251 e. The van der Waals surface area contributed by atoms with Gasteiger partial charge in [-0.2, -0.15) is 5.10 Å². The van der Waals surface area contributed by atoms with Crippen molar-refractivity contribution >= 4 is 27.8 Å². The van der Waals surface area contributed by atoms with Crippen LogP contribution in [-0.2, 0) is 13.6 Å². The first-order valence-electron chi connectivity index (χ1n) is 7.55. The van der Waals surface area contributed by atoms with E-state index in [4.69, 9.17) is 0 Å². The molecule has 0 spiro atoms. The zero-order valence-electron chi connectivity index (χ0n) is 13.7. The van der Waals surface area contributed by atoms with Crippen LogP contribution in [0.25, 0.3) is 0 Å². The SMILES string of the molecule is CN=C(NCCNC(=O)c1ccc(Br)cc1)NCc1ccnn1C. The third kappa shape index (κ3) is 5.38. The monoisotopic (exact) mass is 392 g/mol. The van der Waals surface area contributed by atoms with Crippen molar-refractivity contribution in [1.29, 1.82) is 0 Å². The molecular weight excluding hydrogens is 372 g/mol. The predicted octanol–water partition coefficient (Wildman–Crippen LogP) is 1.28. The highest BCUT2D eigenvalue weighted by Gasteiger charge is 2.05. The molecule has 0 radical (unpaired) electrons. The Labute approximate surface area is 149 Å². The predicted molar refractivity (Wildman–Crippen MR) is 97.9 cm³/mol. The fourth-order valence-corrected chi connectivity index (χ4v) is 2.29. The van der Waals surface area contributed by atoms with E-state index in [1.807, 2.05) is 25.2 Å². The number of carbonyl (C=O) groups excluding carboxylic acids is 1. The average molecular weight is 393 g/mol. The lowest BCUT2D eigenvalue weighted by Gasteiger charge is -2.12. The van der Waals surface area contributed by atoms with Gasteiger partial charge in [-0.1, -0.05) is 15.9 Å². The lowest BCUT2D eigenvalue weighted by atomic mass is 10.2. The van der Waals surface area contributed by atoms with Crippen molar-refractivity contribution in [2.75, 3.05) is 20.1 Å². The van der Waals surface area contributed by atoms with Crippen LogP contribution in [0.5, 0.6) is 0 Å². The summed E-state index contributed by atoms with van der Waals surface area (Å²) in [7, 11) is 3.60. The molecule has 1 heterocycles. The molecule has 7 nitrogen and oxygen atoms in total. The quantitative estimate of drug-likeness (QED) is 0.392. The van der Waals surface area contributed by atoms with Crippen molar-refractivity contribution in [3.8, 4) is 0 Å². The molecule has 2 rings (SSSR count). The van der Waals surface area contributed by atoms with Crippen LogP contribution in [0.1, 0.15) is 16.1 Å². The maximum absolute atomic E-state index is 12.0. The van der Waals surface area contributed by atoms with Crippen LogP contribution >= 0.6 is 15.9 Å². The summed E-state index contributed by atoms with van der Waals surface area (Å²) in [5.74, 6) is 0.580. The molecular formula is C16H21BrN6O. The Morgan fingerprint density at radius 1 is 1.17 bits per heavy atom. The topological polar surface area (TPSA) is 83.3 Å². The number of guanidine groups is 1. The van der Waals surface area contributed by atoms with E-state index in [-0.39, 0.29) is 5.91 Å². The van der Waals surface area contributed by atoms with Gasteiger partial charge in [0.05, 0.1) is 12.2 Å². The van der Waals surface area contributed by atoms with Gasteiger partial charge in [0.2, 0.25) is 0 Å². The number of nitrogens with zero attached hydrogens (tertiary/aromatic N) is 3. The molecule has 8 heteroatoms. The normalized spacial score (nSPS) is 11.2. The van der Waals surface area contributed by atoms with Gasteiger partial charge in [-0.15, -0.1) is 0 Å². The van der Waals surface area contributed by atoms with Crippen LogP contribution in [0.2, 0.25) is 0 Å². The first-order chi connectivity index (χ1) is 11.6. The minimum absolute atomic E-state index is 0.0952. The van der Waals surface area contributed by atoms with Crippen LogP contribution in [-0.4, -0.2) is 41.8 Å². The highest BCUT2D eigenvalue weighted by Crippen LogP contribution is 2.10. The summed E-state index contributed by atoms with van der Waals surface area (Å²) in [5, 5.41) is 13.3. The molecule has 0 bridgehead atoms. The summed E-state index contributed by atoms with van der Waals surface area (Å²) < 4.78 is 2.75. The molecule has 1 aromatic heterocycles. The van der Waals surface area contributed by atoms with Crippen LogP contribution in [0.15, 0.2) is 46.0 Å². The highest BCUT2D eigenvalue weighted by atomic mass is 79.9. The van der Waals surface area contributed by atoms with Crippen molar-refractivity contribution in [3.05, 3.63) is 52.3 Å². The van der Waals surface area contributed by atoms with Gasteiger partial charge in [0.15, 0.2) is 5.96 Å². The second-order valence-electron chi connectivity index (χ2n) is 5.06. The van der Waals surface area contributed by atoms with Crippen molar-refractivity contribution in [3.63, 3.8) is 0 Å². The Morgan fingerprint density at radius 3 is 2.50 bits per heavy atom. The van der Waals surface area contributed by atoms with E-state index < -0.39 is 0 Å². The number of hydrogen-bond acceptors (Lipinski definition) is 3. The number of hydrogen-bond donors (Lipinski definition) is 3. The molecule has 0 saturated heterocycles. The summed E-state index contributed by atoms with van der Waals surface area (Å²) >= 11 is 3.35. The molecule has 0 aliphatic rings. The lowest BCUT2D eigenvalue weighted by molar-refractivity contribution is 0.0954. The summed E-state index contributed by atoms with van der Waals surface area (Å²) in [6.07, 6.45) is 1.75. The van der Waals surface area contributed by atoms with Gasteiger partial charge in [0, 0.05) is 43.4 Å². The Bertz CT molecular complexity index is 695. The third-order valence-electron chi connectivity index (χ3n) is 3.39. The Kier molecular flexibility index (Phi) is 6.80. The third-order valence-corrected chi connectivity index (χ3v) is 3.92. The number of aliphatic imine (C=N–C) groups is 1. The first-order valence-corrected chi connectivity index (χ1v) is 8.34. The maximum atomic E-state index is 12.0. The van der Waals surface area contributed by atoms with E-state index in [1.54, 1.807) is 30.1 Å². The largest absolute Gasteiger partial charge is 0.355 e. The summed E-state index contributed by atoms with van der Waals surface area (Å²) in [4.78, 5) is 16.1. The first kappa shape index (κ1) is 18.0. The van der Waals surface area contributed by atoms with E-state index in [2.05, 4.69) is 42.0 Å². The minimum Gasteiger partial charge on any atom is -0.355 e. The van der Waals surface area contributed by atoms with Crippen LogP contribution < -0.4 is 16.0 Å². The summed E-state index contributed by atoms with van der Waals surface area (Å²) in [5.41, 5.74) is 1.69. The molecule has 0 atom stereocenters. The molecule has 0 saturated carbocycles. The van der Waals surface area contributed by atoms with Crippen LogP contribution in [0, 0.1) is 0 Å². The van der Waals surface area contributed by atoms with Gasteiger partial charge in [-0.05, 0) is 30.3 Å². The van der Waals surface area contributed by atoms with E-state index in [9.17, 15) is 4.79 Å². The van der Waals surface area contributed by atoms with Crippen molar-refractivity contribution < 1.29 is 4.79 Å². The van der Waals surface area contributed by atoms with Crippen molar-refractivity contribution in [2.45, 2.75) is 6.54 Å². The molecule has 2 aromatic rings. The number of halogens is 1. The van der Waals surface area contributed by atoms with E-state index >= 15 is 0 Å². The number of carbonyl (C=O) groups is 1. The number of amides is 1. The number of aryl methyl sites for hydroxylation is 1. The molecule has 1 amide bonds. The Morgan fingerprint density at radius 2 is 1.88 bits per heavy atom. The van der Waals surface area contributed by atoms with Gasteiger partial charge in [-0.25, -0.2) is 0 Å². The maximum Gasteiger partial charge on any atom is 0.251 e. The van der Waals surface area contributed by atoms with E-state index in [0.717, 1.165) is 10.2 Å². The van der Waals surface area contributed by atoms with E-state index in [0.29, 0.717) is 31.2 Å². The molecule has 0 fully saturated rings. The second kappa shape index (κ2) is 9.07. The lowest BCUT2D eigenvalue weighted by Crippen LogP contribution is -2.41.